The monoisotopic (exact) mass is 468 g/mol. The van der Waals surface area contributed by atoms with Crippen LogP contribution in [0.25, 0.3) is 0 Å². The van der Waals surface area contributed by atoms with Crippen LogP contribution in [0, 0.1) is 17.5 Å². The summed E-state index contributed by atoms with van der Waals surface area (Å²) in [4.78, 5) is 37.1. The van der Waals surface area contributed by atoms with E-state index in [1.807, 2.05) is 0 Å². The zero-order valence-corrected chi connectivity index (χ0v) is 18.0. The minimum atomic E-state index is -1.51. The minimum absolute atomic E-state index is 0.273. The highest BCUT2D eigenvalue weighted by Crippen LogP contribution is 2.17. The number of ether oxygens (including phenoxy) is 1. The summed E-state index contributed by atoms with van der Waals surface area (Å²) in [5, 5.41) is 11.7. The van der Waals surface area contributed by atoms with Crippen molar-refractivity contribution >= 4 is 11.9 Å². The number of methoxy groups -OCH3 is 1. The zero-order valence-electron chi connectivity index (χ0n) is 18.0. The van der Waals surface area contributed by atoms with E-state index in [4.69, 9.17) is 10.5 Å². The van der Waals surface area contributed by atoms with Crippen LogP contribution in [-0.2, 0) is 6.54 Å². The third-order valence-electron chi connectivity index (χ3n) is 4.39. The number of benzene rings is 1. The van der Waals surface area contributed by atoms with Crippen molar-refractivity contribution in [3.05, 3.63) is 75.0 Å². The molecule has 0 aliphatic rings. The lowest BCUT2D eigenvalue weighted by molar-refractivity contribution is 0.0680. The molecule has 9 nitrogen and oxygen atoms in total. The van der Waals surface area contributed by atoms with Gasteiger partial charge in [-0.1, -0.05) is 12.2 Å². The topological polar surface area (TPSA) is 136 Å². The van der Waals surface area contributed by atoms with E-state index in [1.54, 1.807) is 26.0 Å². The first-order chi connectivity index (χ1) is 15.5. The van der Waals surface area contributed by atoms with Gasteiger partial charge in [0, 0.05) is 36.5 Å². The molecule has 12 heteroatoms. The Hall–Kier alpha value is -3.80. The zero-order chi connectivity index (χ0) is 24.9. The van der Waals surface area contributed by atoms with Crippen molar-refractivity contribution in [2.24, 2.45) is 5.73 Å². The molecule has 0 fully saturated rings. The summed E-state index contributed by atoms with van der Waals surface area (Å²) in [6, 6.07) is 0.136. The maximum Gasteiger partial charge on any atom is 0.358 e. The number of aromatic nitrogens is 1. The number of nitrogens with one attached hydrogen (secondary N) is 2. The Morgan fingerprint density at radius 3 is 2.33 bits per heavy atom. The summed E-state index contributed by atoms with van der Waals surface area (Å²) in [5.74, 6) is -6.78. The van der Waals surface area contributed by atoms with Crippen LogP contribution in [0.3, 0.4) is 0 Å². The van der Waals surface area contributed by atoms with Crippen molar-refractivity contribution in [1.82, 2.24) is 9.99 Å². The molecule has 0 aliphatic carbocycles. The van der Waals surface area contributed by atoms with E-state index < -0.39 is 69.9 Å². The van der Waals surface area contributed by atoms with E-state index in [0.717, 1.165) is 18.0 Å². The predicted octanol–water partition coefficient (Wildman–Crippen LogP) is 1.74. The van der Waals surface area contributed by atoms with Gasteiger partial charge in [0.25, 0.3) is 5.91 Å². The molecule has 178 valence electrons. The molecule has 0 bridgehead atoms. The summed E-state index contributed by atoms with van der Waals surface area (Å²) < 4.78 is 46.6. The molecule has 0 saturated heterocycles. The number of aromatic carboxylic acids is 1. The van der Waals surface area contributed by atoms with Crippen molar-refractivity contribution in [2.45, 2.75) is 32.5 Å². The summed E-state index contributed by atoms with van der Waals surface area (Å²) in [6.45, 7) is 2.69. The second-order valence-electron chi connectivity index (χ2n) is 7.12. The summed E-state index contributed by atoms with van der Waals surface area (Å²) in [7, 11) is 1.05. The van der Waals surface area contributed by atoms with E-state index in [-0.39, 0.29) is 6.04 Å². The molecule has 5 N–H and O–H groups in total. The third kappa shape index (κ3) is 6.13. The number of pyridine rings is 1. The average Bonchev–Trinajstić information content (AvgIpc) is 2.71. The van der Waals surface area contributed by atoms with E-state index in [1.165, 1.54) is 0 Å². The second kappa shape index (κ2) is 10.7. The maximum absolute atomic E-state index is 13.8. The van der Waals surface area contributed by atoms with Crippen molar-refractivity contribution < 1.29 is 32.6 Å². The summed E-state index contributed by atoms with van der Waals surface area (Å²) in [6.07, 6.45) is 4.22. The Kier molecular flexibility index (Phi) is 8.24. The van der Waals surface area contributed by atoms with Crippen molar-refractivity contribution in [3.63, 3.8) is 0 Å². The number of nitrogens with zero attached hydrogens (tertiary/aromatic N) is 1. The first kappa shape index (κ1) is 25.5. The van der Waals surface area contributed by atoms with Gasteiger partial charge in [-0.25, -0.2) is 18.0 Å². The van der Waals surface area contributed by atoms with Gasteiger partial charge in [-0.2, -0.15) is 0 Å². The molecule has 2 atom stereocenters. The molecule has 33 heavy (non-hydrogen) atoms. The number of carboxylic acids is 1. The normalized spacial score (nSPS) is 12.9. The van der Waals surface area contributed by atoms with Crippen molar-refractivity contribution in [3.8, 4) is 5.75 Å². The Balaban J connectivity index is 2.44. The van der Waals surface area contributed by atoms with Crippen LogP contribution in [0.2, 0.25) is 0 Å². The van der Waals surface area contributed by atoms with Crippen LogP contribution in [0.4, 0.5) is 13.2 Å². The fraction of sp³-hybridized carbons (Fsp3) is 0.286. The van der Waals surface area contributed by atoms with Crippen molar-refractivity contribution in [1.29, 1.82) is 0 Å². The maximum atomic E-state index is 13.8. The number of carboxylic acid groups (broad SMARTS) is 1. The summed E-state index contributed by atoms with van der Waals surface area (Å²) >= 11 is 0. The van der Waals surface area contributed by atoms with E-state index >= 15 is 0 Å². The molecule has 0 aliphatic heterocycles. The van der Waals surface area contributed by atoms with Crippen LogP contribution >= 0.6 is 0 Å². The van der Waals surface area contributed by atoms with E-state index in [0.29, 0.717) is 12.1 Å². The third-order valence-corrected chi connectivity index (χ3v) is 4.39. The average molecular weight is 468 g/mol. The Morgan fingerprint density at radius 2 is 1.82 bits per heavy atom. The molecular formula is C21H23F3N4O5. The molecule has 0 spiro atoms. The first-order valence-electron chi connectivity index (χ1n) is 9.65. The highest BCUT2D eigenvalue weighted by atomic mass is 19.1. The molecule has 1 heterocycles. The van der Waals surface area contributed by atoms with Crippen LogP contribution in [-0.4, -0.2) is 40.9 Å². The van der Waals surface area contributed by atoms with E-state index in [9.17, 15) is 32.7 Å². The Morgan fingerprint density at radius 1 is 1.21 bits per heavy atom. The first-order valence-corrected chi connectivity index (χ1v) is 9.65. The van der Waals surface area contributed by atoms with Gasteiger partial charge in [-0.15, -0.1) is 0 Å². The number of rotatable bonds is 9. The Bertz CT molecular complexity index is 1120. The number of carbonyl (C=O) groups excluding carboxylic acids is 1. The van der Waals surface area contributed by atoms with Crippen molar-refractivity contribution in [2.75, 3.05) is 12.5 Å². The minimum Gasteiger partial charge on any atom is -0.490 e. The number of amides is 1. The van der Waals surface area contributed by atoms with Gasteiger partial charge in [0.15, 0.2) is 11.4 Å². The van der Waals surface area contributed by atoms with Gasteiger partial charge in [0.1, 0.15) is 23.0 Å². The standard InChI is InChI=1S/C21H23F3N4O5/c1-10(25)4-5-11(2)27-28-9-14(18(29)19(33-3)17(28)21(31)32)20(30)26-8-13-15(23)6-12(22)7-16(13)24/h4-7,9-11,27H,8,25H2,1-3H3,(H,26,30)(H,31,32)/b5-4-/t10-,11+/m0/s1. The number of hydrogen-bond acceptors (Lipinski definition) is 6. The van der Waals surface area contributed by atoms with Gasteiger partial charge in [0.05, 0.1) is 13.2 Å². The van der Waals surface area contributed by atoms with Gasteiger partial charge in [-0.05, 0) is 13.8 Å². The lowest BCUT2D eigenvalue weighted by atomic mass is 10.1. The van der Waals surface area contributed by atoms with E-state index in [2.05, 4.69) is 10.7 Å². The van der Waals surface area contributed by atoms with Gasteiger partial charge < -0.3 is 26.3 Å². The molecule has 0 saturated carbocycles. The second-order valence-corrected chi connectivity index (χ2v) is 7.12. The molecule has 0 unspecified atom stereocenters. The molecule has 2 rings (SSSR count). The van der Waals surface area contributed by atoms with Gasteiger partial charge in [-0.3, -0.25) is 14.3 Å². The number of hydrogen-bond donors (Lipinski definition) is 4. The predicted molar refractivity (Wildman–Crippen MR) is 113 cm³/mol. The number of halogens is 3. The van der Waals surface area contributed by atoms with Gasteiger partial charge in [0.2, 0.25) is 5.43 Å². The molecule has 1 aromatic carbocycles. The molecular weight excluding hydrogens is 445 g/mol. The number of carbonyl (C=O) groups is 2. The van der Waals surface area contributed by atoms with Crippen LogP contribution in [0.15, 0.2) is 35.3 Å². The van der Waals surface area contributed by atoms with Gasteiger partial charge >= 0.3 is 5.97 Å². The van der Waals surface area contributed by atoms with Crippen LogP contribution in [0.5, 0.6) is 5.75 Å². The lowest BCUT2D eigenvalue weighted by Crippen LogP contribution is -2.35. The lowest BCUT2D eigenvalue weighted by Gasteiger charge is -2.20. The smallest absolute Gasteiger partial charge is 0.358 e. The molecule has 0 radical (unpaired) electrons. The molecule has 1 aromatic heterocycles. The fourth-order valence-electron chi connectivity index (χ4n) is 2.85. The fourth-order valence-corrected chi connectivity index (χ4v) is 2.85. The highest BCUT2D eigenvalue weighted by Gasteiger charge is 2.26. The highest BCUT2D eigenvalue weighted by molar-refractivity contribution is 5.96. The quantitative estimate of drug-likeness (QED) is 0.412. The van der Waals surface area contributed by atoms with Crippen LogP contribution in [0.1, 0.15) is 40.3 Å². The molecule has 1 amide bonds. The van der Waals surface area contributed by atoms with Crippen LogP contribution < -0.4 is 26.6 Å². The summed E-state index contributed by atoms with van der Waals surface area (Å²) in [5.41, 5.74) is 5.62. The Labute approximate surface area is 186 Å². The number of nitrogens with two attached hydrogens (primary N) is 1. The SMILES string of the molecule is COc1c(C(=O)O)n(N[C@H](C)/C=C\[C@H](C)N)cc(C(=O)NCc2c(F)cc(F)cc2F)c1=O. The largest absolute Gasteiger partial charge is 0.490 e. The molecule has 2 aromatic rings.